The highest BCUT2D eigenvalue weighted by molar-refractivity contribution is 5.94. The minimum absolute atomic E-state index is 0. The molecule has 0 bridgehead atoms. The van der Waals surface area contributed by atoms with Crippen molar-refractivity contribution in [2.75, 3.05) is 14.2 Å². The van der Waals surface area contributed by atoms with Crippen molar-refractivity contribution in [2.45, 2.75) is 19.4 Å². The zero-order valence-electron chi connectivity index (χ0n) is 11.3. The average Bonchev–Trinajstić information content (AvgIpc) is 2.44. The molecule has 19 heavy (non-hydrogen) atoms. The van der Waals surface area contributed by atoms with Crippen molar-refractivity contribution < 1.29 is 14.6 Å². The fraction of sp³-hybridized carbons (Fsp3) is 0.333. The van der Waals surface area contributed by atoms with E-state index in [1.54, 1.807) is 14.2 Å². The lowest BCUT2D eigenvalue weighted by atomic mass is 9.99. The molecule has 0 aromatic heterocycles. The second-order valence-corrected chi connectivity index (χ2v) is 4.17. The van der Waals surface area contributed by atoms with E-state index in [4.69, 9.17) is 9.47 Å². The Bertz CT molecular complexity index is 554. The van der Waals surface area contributed by atoms with Gasteiger partial charge in [-0.2, -0.15) is 0 Å². The third kappa shape index (κ3) is 2.77. The van der Waals surface area contributed by atoms with Crippen LogP contribution < -0.4 is 9.47 Å². The Morgan fingerprint density at radius 3 is 2.26 bits per heavy atom. The number of aliphatic hydroxyl groups is 1. The first-order valence-electron chi connectivity index (χ1n) is 6.04. The standard InChI is InChI=1S/C15H18O3.ClH/c1-4-13(16)12-9-14(17-2)10-7-5-6-8-11(10)15(12)18-3;/h5-9,13,16H,4H2,1-3H3;1H. The molecule has 3 nitrogen and oxygen atoms in total. The quantitative estimate of drug-likeness (QED) is 0.929. The molecule has 1 N–H and O–H groups in total. The van der Waals surface area contributed by atoms with Crippen LogP contribution in [-0.2, 0) is 0 Å². The van der Waals surface area contributed by atoms with E-state index in [9.17, 15) is 5.11 Å². The van der Waals surface area contributed by atoms with Gasteiger partial charge in [0.1, 0.15) is 11.5 Å². The van der Waals surface area contributed by atoms with Crippen LogP contribution in [0.25, 0.3) is 10.8 Å². The summed E-state index contributed by atoms with van der Waals surface area (Å²) in [5.74, 6) is 1.48. The maximum Gasteiger partial charge on any atom is 0.132 e. The Kier molecular flexibility index (Phi) is 5.45. The van der Waals surface area contributed by atoms with Gasteiger partial charge in [0.25, 0.3) is 0 Å². The van der Waals surface area contributed by atoms with Gasteiger partial charge in [0.2, 0.25) is 0 Å². The summed E-state index contributed by atoms with van der Waals surface area (Å²) in [5, 5.41) is 12.0. The lowest BCUT2D eigenvalue weighted by Crippen LogP contribution is -2.01. The van der Waals surface area contributed by atoms with Gasteiger partial charge in [0.15, 0.2) is 0 Å². The molecular weight excluding hydrogens is 264 g/mol. The van der Waals surface area contributed by atoms with Crippen LogP contribution in [0, 0.1) is 0 Å². The van der Waals surface area contributed by atoms with Crippen molar-refractivity contribution >= 4 is 23.2 Å². The van der Waals surface area contributed by atoms with Crippen LogP contribution in [0.1, 0.15) is 25.0 Å². The lowest BCUT2D eigenvalue weighted by Gasteiger charge is -2.17. The number of halogens is 1. The number of methoxy groups -OCH3 is 2. The molecule has 0 aliphatic heterocycles. The number of fused-ring (bicyclic) bond motifs is 1. The second kappa shape index (κ2) is 6.64. The molecule has 0 spiro atoms. The van der Waals surface area contributed by atoms with Crippen LogP contribution in [0.5, 0.6) is 11.5 Å². The van der Waals surface area contributed by atoms with Gasteiger partial charge in [-0.05, 0) is 12.5 Å². The zero-order chi connectivity index (χ0) is 13.1. The van der Waals surface area contributed by atoms with Crippen molar-refractivity contribution in [3.05, 3.63) is 35.9 Å². The smallest absolute Gasteiger partial charge is 0.132 e. The third-order valence-electron chi connectivity index (χ3n) is 3.16. The Labute approximate surface area is 119 Å². The van der Waals surface area contributed by atoms with Crippen molar-refractivity contribution in [1.82, 2.24) is 0 Å². The van der Waals surface area contributed by atoms with Gasteiger partial charge in [-0.1, -0.05) is 31.2 Å². The Balaban J connectivity index is 0.00000180. The van der Waals surface area contributed by atoms with Gasteiger partial charge in [-0.25, -0.2) is 0 Å². The van der Waals surface area contributed by atoms with Crippen molar-refractivity contribution in [1.29, 1.82) is 0 Å². The maximum atomic E-state index is 10.1. The lowest BCUT2D eigenvalue weighted by molar-refractivity contribution is 0.169. The molecule has 0 saturated carbocycles. The van der Waals surface area contributed by atoms with E-state index in [1.807, 2.05) is 37.3 Å². The van der Waals surface area contributed by atoms with Gasteiger partial charge >= 0.3 is 0 Å². The van der Waals surface area contributed by atoms with Crippen molar-refractivity contribution in [2.24, 2.45) is 0 Å². The largest absolute Gasteiger partial charge is 0.496 e. The molecule has 0 saturated heterocycles. The van der Waals surface area contributed by atoms with Gasteiger partial charge < -0.3 is 14.6 Å². The molecule has 2 aromatic carbocycles. The fourth-order valence-electron chi connectivity index (χ4n) is 2.20. The number of benzene rings is 2. The highest BCUT2D eigenvalue weighted by Crippen LogP contribution is 2.39. The van der Waals surface area contributed by atoms with E-state index in [-0.39, 0.29) is 12.4 Å². The van der Waals surface area contributed by atoms with Crippen molar-refractivity contribution in [3.8, 4) is 11.5 Å². The van der Waals surface area contributed by atoms with E-state index < -0.39 is 6.10 Å². The van der Waals surface area contributed by atoms with E-state index in [2.05, 4.69) is 0 Å². The number of rotatable bonds is 4. The van der Waals surface area contributed by atoms with Crippen LogP contribution in [0.15, 0.2) is 30.3 Å². The number of aliphatic hydroxyl groups excluding tert-OH is 1. The molecule has 4 heteroatoms. The normalized spacial score (nSPS) is 11.8. The molecule has 0 radical (unpaired) electrons. The summed E-state index contributed by atoms with van der Waals surface area (Å²) in [6, 6.07) is 9.73. The summed E-state index contributed by atoms with van der Waals surface area (Å²) in [4.78, 5) is 0. The maximum absolute atomic E-state index is 10.1. The van der Waals surface area contributed by atoms with Crippen LogP contribution in [-0.4, -0.2) is 19.3 Å². The van der Waals surface area contributed by atoms with E-state index in [0.717, 1.165) is 27.8 Å². The van der Waals surface area contributed by atoms with Crippen LogP contribution in [0.3, 0.4) is 0 Å². The molecule has 0 amide bonds. The first-order chi connectivity index (χ1) is 8.72. The highest BCUT2D eigenvalue weighted by Gasteiger charge is 2.17. The van der Waals surface area contributed by atoms with E-state index in [1.165, 1.54) is 0 Å². The molecule has 104 valence electrons. The first-order valence-corrected chi connectivity index (χ1v) is 6.04. The topological polar surface area (TPSA) is 38.7 Å². The van der Waals surface area contributed by atoms with Crippen LogP contribution >= 0.6 is 12.4 Å². The SMILES string of the molecule is CCC(O)c1cc(OC)c2ccccc2c1OC.Cl. The van der Waals surface area contributed by atoms with Gasteiger partial charge in [-0.3, -0.25) is 0 Å². The molecule has 0 aliphatic carbocycles. The predicted octanol–water partition coefficient (Wildman–Crippen LogP) is 3.72. The Morgan fingerprint density at radius 2 is 1.74 bits per heavy atom. The summed E-state index contributed by atoms with van der Waals surface area (Å²) < 4.78 is 10.9. The summed E-state index contributed by atoms with van der Waals surface area (Å²) in [6.07, 6.45) is 0.0937. The minimum atomic E-state index is -0.543. The van der Waals surface area contributed by atoms with Gasteiger partial charge in [-0.15, -0.1) is 12.4 Å². The molecule has 0 fully saturated rings. The average molecular weight is 283 g/mol. The molecular formula is C15H19ClO3. The van der Waals surface area contributed by atoms with Crippen molar-refractivity contribution in [3.63, 3.8) is 0 Å². The molecule has 0 heterocycles. The summed E-state index contributed by atoms with van der Waals surface area (Å²) >= 11 is 0. The second-order valence-electron chi connectivity index (χ2n) is 4.17. The van der Waals surface area contributed by atoms with E-state index >= 15 is 0 Å². The Morgan fingerprint density at radius 1 is 1.11 bits per heavy atom. The molecule has 1 atom stereocenters. The van der Waals surface area contributed by atoms with Crippen LogP contribution in [0.4, 0.5) is 0 Å². The number of hydrogen-bond donors (Lipinski definition) is 1. The zero-order valence-corrected chi connectivity index (χ0v) is 12.2. The van der Waals surface area contributed by atoms with Crippen LogP contribution in [0.2, 0.25) is 0 Å². The molecule has 0 aliphatic rings. The number of hydrogen-bond acceptors (Lipinski definition) is 3. The van der Waals surface area contributed by atoms with Gasteiger partial charge in [0.05, 0.1) is 20.3 Å². The first kappa shape index (κ1) is 15.6. The number of ether oxygens (including phenoxy) is 2. The minimum Gasteiger partial charge on any atom is -0.496 e. The fourth-order valence-corrected chi connectivity index (χ4v) is 2.20. The summed E-state index contributed by atoms with van der Waals surface area (Å²) in [5.41, 5.74) is 0.774. The van der Waals surface area contributed by atoms with E-state index in [0.29, 0.717) is 6.42 Å². The molecule has 1 unspecified atom stereocenters. The van der Waals surface area contributed by atoms with Gasteiger partial charge in [0, 0.05) is 16.3 Å². The Hall–Kier alpha value is -1.45. The monoisotopic (exact) mass is 282 g/mol. The summed E-state index contributed by atoms with van der Waals surface area (Å²) in [7, 11) is 3.26. The summed E-state index contributed by atoms with van der Waals surface area (Å²) in [6.45, 7) is 1.94. The predicted molar refractivity (Wildman–Crippen MR) is 79.6 cm³/mol. The molecule has 2 rings (SSSR count). The molecule has 2 aromatic rings. The third-order valence-corrected chi connectivity index (χ3v) is 3.16. The highest BCUT2D eigenvalue weighted by atomic mass is 35.5.